The van der Waals surface area contributed by atoms with Gasteiger partial charge < -0.3 is 10.2 Å². The van der Waals surface area contributed by atoms with E-state index < -0.39 is 0 Å². The molecule has 0 spiro atoms. The summed E-state index contributed by atoms with van der Waals surface area (Å²) in [6.07, 6.45) is 3.51. The van der Waals surface area contributed by atoms with Gasteiger partial charge in [-0.15, -0.1) is 11.3 Å². The minimum absolute atomic E-state index is 0.0131. The quantitative estimate of drug-likeness (QED) is 0.904. The number of carbonyl (C=O) groups excluding carboxylic acids is 1. The third-order valence-corrected chi connectivity index (χ3v) is 5.75. The second-order valence-electron chi connectivity index (χ2n) is 6.07. The Balaban J connectivity index is 1.73. The molecule has 2 aromatic heterocycles. The maximum absolute atomic E-state index is 12.5. The minimum Gasteiger partial charge on any atom is -0.363 e. The van der Waals surface area contributed by atoms with Crippen molar-refractivity contribution in [2.45, 2.75) is 46.6 Å². The fraction of sp³-hybridized carbons (Fsp3) is 0.529. The first-order chi connectivity index (χ1) is 11.1. The normalized spacial score (nSPS) is 14.5. The molecule has 1 aliphatic rings. The summed E-state index contributed by atoms with van der Waals surface area (Å²) in [5.41, 5.74) is 4.37. The van der Waals surface area contributed by atoms with E-state index in [4.69, 9.17) is 0 Å². The molecule has 23 heavy (non-hydrogen) atoms. The topological polar surface area (TPSA) is 61.0 Å². The van der Waals surface area contributed by atoms with Crippen molar-refractivity contribution in [3.63, 3.8) is 0 Å². The summed E-state index contributed by atoms with van der Waals surface area (Å²) in [6.45, 7) is 8.73. The summed E-state index contributed by atoms with van der Waals surface area (Å²) in [4.78, 5) is 15.7. The standard InChI is InChI=1S/C17H24N4OS/c1-4-21-8-6-5-7-13-9-15(23-17(13)21)16(22)18-10-14-11(2)19-20-12(14)3/h9H,4-8,10H2,1-3H3,(H,18,22)(H,19,20). The summed E-state index contributed by atoms with van der Waals surface area (Å²) < 4.78 is 0. The molecule has 0 unspecified atom stereocenters. The molecule has 0 saturated carbocycles. The van der Waals surface area contributed by atoms with Gasteiger partial charge in [0.1, 0.15) is 0 Å². The number of carbonyl (C=O) groups is 1. The fourth-order valence-corrected chi connectivity index (χ4v) is 4.31. The molecule has 0 saturated heterocycles. The highest BCUT2D eigenvalue weighted by Gasteiger charge is 2.20. The van der Waals surface area contributed by atoms with Crippen LogP contribution in [0.1, 0.15) is 52.0 Å². The molecule has 0 radical (unpaired) electrons. The molecule has 6 heteroatoms. The fourth-order valence-electron chi connectivity index (χ4n) is 3.09. The molecular formula is C17H24N4OS. The molecule has 1 aliphatic heterocycles. The molecule has 0 fully saturated rings. The van der Waals surface area contributed by atoms with Crippen LogP contribution in [0.15, 0.2) is 6.07 Å². The van der Waals surface area contributed by atoms with Gasteiger partial charge in [0, 0.05) is 30.9 Å². The number of aromatic amines is 1. The van der Waals surface area contributed by atoms with Gasteiger partial charge in [0.2, 0.25) is 0 Å². The molecule has 3 heterocycles. The van der Waals surface area contributed by atoms with Gasteiger partial charge in [-0.05, 0) is 51.7 Å². The van der Waals surface area contributed by atoms with Crippen LogP contribution in [0.3, 0.4) is 0 Å². The van der Waals surface area contributed by atoms with Gasteiger partial charge in [0.25, 0.3) is 5.91 Å². The lowest BCUT2D eigenvalue weighted by Crippen LogP contribution is -2.23. The number of H-pyrrole nitrogens is 1. The molecule has 2 N–H and O–H groups in total. The smallest absolute Gasteiger partial charge is 0.261 e. The minimum atomic E-state index is 0.0131. The van der Waals surface area contributed by atoms with Crippen LogP contribution in [-0.4, -0.2) is 29.2 Å². The third kappa shape index (κ3) is 3.27. The number of nitrogens with zero attached hydrogens (tertiary/aromatic N) is 2. The Labute approximate surface area is 141 Å². The highest BCUT2D eigenvalue weighted by atomic mass is 32.1. The molecule has 3 rings (SSSR count). The van der Waals surface area contributed by atoms with Gasteiger partial charge in [-0.3, -0.25) is 9.89 Å². The zero-order chi connectivity index (χ0) is 16.4. The van der Waals surface area contributed by atoms with Crippen LogP contribution < -0.4 is 10.2 Å². The summed E-state index contributed by atoms with van der Waals surface area (Å²) in [6, 6.07) is 2.08. The predicted molar refractivity (Wildman–Crippen MR) is 94.4 cm³/mol. The molecule has 124 valence electrons. The van der Waals surface area contributed by atoms with E-state index in [1.807, 2.05) is 13.8 Å². The Kier molecular flexibility index (Phi) is 4.71. The Bertz CT molecular complexity index is 684. The van der Waals surface area contributed by atoms with Crippen molar-refractivity contribution in [1.29, 1.82) is 0 Å². The first kappa shape index (κ1) is 16.1. The van der Waals surface area contributed by atoms with Gasteiger partial charge in [-0.25, -0.2) is 0 Å². The van der Waals surface area contributed by atoms with Crippen molar-refractivity contribution < 1.29 is 4.79 Å². The van der Waals surface area contributed by atoms with Crippen LogP contribution in [0.5, 0.6) is 0 Å². The Hall–Kier alpha value is -1.82. The Morgan fingerprint density at radius 3 is 2.96 bits per heavy atom. The zero-order valence-corrected chi connectivity index (χ0v) is 14.8. The van der Waals surface area contributed by atoms with Crippen molar-refractivity contribution in [3.05, 3.63) is 33.5 Å². The van der Waals surface area contributed by atoms with Crippen molar-refractivity contribution in [2.75, 3.05) is 18.0 Å². The summed E-state index contributed by atoms with van der Waals surface area (Å²) in [7, 11) is 0. The highest BCUT2D eigenvalue weighted by Crippen LogP contribution is 2.35. The van der Waals surface area contributed by atoms with Crippen molar-refractivity contribution in [1.82, 2.24) is 15.5 Å². The van der Waals surface area contributed by atoms with E-state index in [9.17, 15) is 4.79 Å². The number of amides is 1. The van der Waals surface area contributed by atoms with Crippen molar-refractivity contribution >= 4 is 22.2 Å². The number of aryl methyl sites for hydroxylation is 3. The Morgan fingerprint density at radius 1 is 1.43 bits per heavy atom. The lowest BCUT2D eigenvalue weighted by molar-refractivity contribution is 0.0955. The van der Waals surface area contributed by atoms with Crippen LogP contribution in [0.25, 0.3) is 0 Å². The SMILES string of the molecule is CCN1CCCCc2cc(C(=O)NCc3c(C)n[nH]c3C)sc21. The van der Waals surface area contributed by atoms with Crippen LogP contribution >= 0.6 is 11.3 Å². The van der Waals surface area contributed by atoms with Crippen LogP contribution in [0.4, 0.5) is 5.00 Å². The number of rotatable bonds is 4. The number of fused-ring (bicyclic) bond motifs is 1. The lowest BCUT2D eigenvalue weighted by atomic mass is 10.1. The van der Waals surface area contributed by atoms with E-state index >= 15 is 0 Å². The van der Waals surface area contributed by atoms with Gasteiger partial charge in [-0.1, -0.05) is 0 Å². The zero-order valence-electron chi connectivity index (χ0n) is 14.0. The number of aromatic nitrogens is 2. The monoisotopic (exact) mass is 332 g/mol. The first-order valence-electron chi connectivity index (χ1n) is 8.26. The van der Waals surface area contributed by atoms with E-state index in [0.29, 0.717) is 6.54 Å². The van der Waals surface area contributed by atoms with Gasteiger partial charge in [0.15, 0.2) is 0 Å². The molecular weight excluding hydrogens is 308 g/mol. The number of hydrogen-bond donors (Lipinski definition) is 2. The molecule has 0 atom stereocenters. The third-order valence-electron chi connectivity index (χ3n) is 4.51. The van der Waals surface area contributed by atoms with E-state index in [1.165, 1.54) is 23.4 Å². The van der Waals surface area contributed by atoms with E-state index in [2.05, 4.69) is 33.4 Å². The maximum atomic E-state index is 12.5. The molecule has 1 amide bonds. The Morgan fingerprint density at radius 2 is 2.26 bits per heavy atom. The summed E-state index contributed by atoms with van der Waals surface area (Å²) in [5, 5.41) is 11.4. The average Bonchev–Trinajstić information content (AvgIpc) is 3.04. The molecule has 5 nitrogen and oxygen atoms in total. The average molecular weight is 332 g/mol. The van der Waals surface area contributed by atoms with Crippen LogP contribution in [0.2, 0.25) is 0 Å². The van der Waals surface area contributed by atoms with E-state index in [0.717, 1.165) is 41.3 Å². The predicted octanol–water partition coefficient (Wildman–Crippen LogP) is 3.18. The van der Waals surface area contributed by atoms with E-state index in [-0.39, 0.29) is 5.91 Å². The molecule has 0 bridgehead atoms. The number of anilines is 1. The maximum Gasteiger partial charge on any atom is 0.261 e. The second-order valence-corrected chi connectivity index (χ2v) is 7.10. The van der Waals surface area contributed by atoms with Crippen LogP contribution in [-0.2, 0) is 13.0 Å². The van der Waals surface area contributed by atoms with Gasteiger partial charge in [-0.2, -0.15) is 5.10 Å². The molecule has 0 aliphatic carbocycles. The van der Waals surface area contributed by atoms with Gasteiger partial charge in [0.05, 0.1) is 15.6 Å². The van der Waals surface area contributed by atoms with Crippen molar-refractivity contribution in [2.24, 2.45) is 0 Å². The molecule has 2 aromatic rings. The van der Waals surface area contributed by atoms with E-state index in [1.54, 1.807) is 11.3 Å². The highest BCUT2D eigenvalue weighted by molar-refractivity contribution is 7.18. The lowest BCUT2D eigenvalue weighted by Gasteiger charge is -2.19. The largest absolute Gasteiger partial charge is 0.363 e. The van der Waals surface area contributed by atoms with Gasteiger partial charge >= 0.3 is 0 Å². The van der Waals surface area contributed by atoms with Crippen LogP contribution in [0, 0.1) is 13.8 Å². The number of thiophene rings is 1. The second kappa shape index (κ2) is 6.74. The van der Waals surface area contributed by atoms with Crippen molar-refractivity contribution in [3.8, 4) is 0 Å². The summed E-state index contributed by atoms with van der Waals surface area (Å²) >= 11 is 1.63. The first-order valence-corrected chi connectivity index (χ1v) is 9.08. The number of nitrogens with one attached hydrogen (secondary N) is 2. The molecule has 0 aromatic carbocycles. The number of hydrogen-bond acceptors (Lipinski definition) is 4. The summed E-state index contributed by atoms with van der Waals surface area (Å²) in [5.74, 6) is 0.0131.